The normalized spacial score (nSPS) is 15.0. The van der Waals surface area contributed by atoms with Crippen LogP contribution in [0.25, 0.3) is 0 Å². The maximum absolute atomic E-state index is 12.5. The molecule has 1 heterocycles. The van der Waals surface area contributed by atoms with Gasteiger partial charge in [-0.2, -0.15) is 0 Å². The fraction of sp³-hybridized carbons (Fsp3) is 0.467. The summed E-state index contributed by atoms with van der Waals surface area (Å²) in [6, 6.07) is 5.49. The Morgan fingerprint density at radius 3 is 2.65 bits per heavy atom. The molecule has 0 aromatic heterocycles. The number of carbonyl (C=O) groups is 2. The third-order valence-electron chi connectivity index (χ3n) is 3.30. The predicted octanol–water partition coefficient (Wildman–Crippen LogP) is 1.82. The van der Waals surface area contributed by atoms with Gasteiger partial charge in [0, 0.05) is 19.5 Å². The van der Waals surface area contributed by atoms with Gasteiger partial charge in [-0.1, -0.05) is 13.0 Å². The van der Waals surface area contributed by atoms with Crippen LogP contribution in [0.15, 0.2) is 18.2 Å². The van der Waals surface area contributed by atoms with Crippen molar-refractivity contribution in [2.45, 2.75) is 20.3 Å². The van der Waals surface area contributed by atoms with Crippen LogP contribution in [0.3, 0.4) is 0 Å². The number of amides is 2. The molecule has 1 saturated heterocycles. The van der Waals surface area contributed by atoms with Gasteiger partial charge < -0.3 is 15.0 Å². The van der Waals surface area contributed by atoms with Gasteiger partial charge in [0.2, 0.25) is 5.91 Å². The lowest BCUT2D eigenvalue weighted by Crippen LogP contribution is -2.41. The van der Waals surface area contributed by atoms with E-state index in [1.807, 2.05) is 19.1 Å². The maximum atomic E-state index is 12.5. The molecule has 2 amide bonds. The van der Waals surface area contributed by atoms with Crippen molar-refractivity contribution in [2.75, 3.05) is 31.6 Å². The van der Waals surface area contributed by atoms with Crippen LogP contribution in [0.4, 0.5) is 5.69 Å². The Labute approximate surface area is 118 Å². The minimum absolute atomic E-state index is 0.0558. The van der Waals surface area contributed by atoms with Crippen molar-refractivity contribution in [3.8, 4) is 0 Å². The number of carbonyl (C=O) groups excluding carboxylic acids is 2. The molecule has 0 aliphatic carbocycles. The highest BCUT2D eigenvalue weighted by molar-refractivity contribution is 6.03. The summed E-state index contributed by atoms with van der Waals surface area (Å²) >= 11 is 0. The van der Waals surface area contributed by atoms with E-state index in [2.05, 4.69) is 5.32 Å². The van der Waals surface area contributed by atoms with Gasteiger partial charge in [-0.3, -0.25) is 9.59 Å². The van der Waals surface area contributed by atoms with Crippen LogP contribution in [0, 0.1) is 6.92 Å². The van der Waals surface area contributed by atoms with Gasteiger partial charge in [-0.05, 0) is 24.6 Å². The lowest BCUT2D eigenvalue weighted by Gasteiger charge is -2.27. The first-order chi connectivity index (χ1) is 9.61. The van der Waals surface area contributed by atoms with E-state index in [0.29, 0.717) is 44.0 Å². The van der Waals surface area contributed by atoms with Crippen molar-refractivity contribution in [3.63, 3.8) is 0 Å². The van der Waals surface area contributed by atoms with E-state index in [4.69, 9.17) is 4.74 Å². The van der Waals surface area contributed by atoms with Crippen LogP contribution >= 0.6 is 0 Å². The van der Waals surface area contributed by atoms with E-state index < -0.39 is 0 Å². The molecule has 0 bridgehead atoms. The Bertz CT molecular complexity index is 508. The molecule has 0 unspecified atom stereocenters. The monoisotopic (exact) mass is 276 g/mol. The number of hydrogen-bond acceptors (Lipinski definition) is 3. The Hall–Kier alpha value is -1.88. The molecule has 20 heavy (non-hydrogen) atoms. The van der Waals surface area contributed by atoms with Crippen LogP contribution in [0.2, 0.25) is 0 Å². The molecule has 1 N–H and O–H groups in total. The number of benzene rings is 1. The fourth-order valence-electron chi connectivity index (χ4n) is 2.12. The zero-order valence-corrected chi connectivity index (χ0v) is 11.9. The Kier molecular flexibility index (Phi) is 4.74. The molecular formula is C15H20N2O3. The van der Waals surface area contributed by atoms with Crippen molar-refractivity contribution >= 4 is 17.5 Å². The Morgan fingerprint density at radius 2 is 2.00 bits per heavy atom. The molecular weight excluding hydrogens is 256 g/mol. The molecule has 0 spiro atoms. The number of aryl methyl sites for hydroxylation is 1. The molecule has 1 aromatic rings. The lowest BCUT2D eigenvalue weighted by atomic mass is 10.1. The minimum Gasteiger partial charge on any atom is -0.378 e. The molecule has 0 saturated carbocycles. The number of anilines is 1. The average molecular weight is 276 g/mol. The third-order valence-corrected chi connectivity index (χ3v) is 3.30. The first-order valence-electron chi connectivity index (χ1n) is 6.89. The number of rotatable bonds is 3. The number of ether oxygens (including phenoxy) is 1. The third kappa shape index (κ3) is 3.36. The van der Waals surface area contributed by atoms with Crippen molar-refractivity contribution in [2.24, 2.45) is 0 Å². The van der Waals surface area contributed by atoms with Crippen molar-refractivity contribution in [3.05, 3.63) is 29.3 Å². The standard InChI is InChI=1S/C15H20N2O3/c1-3-14(18)16-13-10-11(2)4-5-12(13)15(19)17-6-8-20-9-7-17/h4-5,10H,3,6-9H2,1-2H3,(H,16,18). The van der Waals surface area contributed by atoms with Crippen LogP contribution in [0.1, 0.15) is 29.3 Å². The second-order valence-electron chi connectivity index (χ2n) is 4.86. The van der Waals surface area contributed by atoms with Crippen molar-refractivity contribution in [1.29, 1.82) is 0 Å². The number of nitrogens with one attached hydrogen (secondary N) is 1. The van der Waals surface area contributed by atoms with Crippen LogP contribution in [-0.2, 0) is 9.53 Å². The zero-order chi connectivity index (χ0) is 14.5. The van der Waals surface area contributed by atoms with Gasteiger partial charge in [-0.25, -0.2) is 0 Å². The Balaban J connectivity index is 2.25. The predicted molar refractivity (Wildman–Crippen MR) is 76.8 cm³/mol. The van der Waals surface area contributed by atoms with Gasteiger partial charge in [0.1, 0.15) is 0 Å². The first kappa shape index (κ1) is 14.5. The molecule has 1 aromatic carbocycles. The summed E-state index contributed by atoms with van der Waals surface area (Å²) in [5, 5.41) is 2.80. The van der Waals surface area contributed by atoms with Crippen LogP contribution in [0.5, 0.6) is 0 Å². The summed E-state index contributed by atoms with van der Waals surface area (Å²) in [7, 11) is 0. The summed E-state index contributed by atoms with van der Waals surface area (Å²) in [5.74, 6) is -0.147. The molecule has 5 nitrogen and oxygen atoms in total. The fourth-order valence-corrected chi connectivity index (χ4v) is 2.12. The van der Waals surface area contributed by atoms with Crippen LogP contribution in [-0.4, -0.2) is 43.0 Å². The molecule has 5 heteroatoms. The highest BCUT2D eigenvalue weighted by Gasteiger charge is 2.21. The summed E-state index contributed by atoms with van der Waals surface area (Å²) in [6.07, 6.45) is 0.388. The molecule has 0 atom stereocenters. The molecule has 0 radical (unpaired) electrons. The van der Waals surface area contributed by atoms with E-state index in [-0.39, 0.29) is 11.8 Å². The molecule has 1 fully saturated rings. The summed E-state index contributed by atoms with van der Waals surface area (Å²) < 4.78 is 5.25. The summed E-state index contributed by atoms with van der Waals surface area (Å²) in [4.78, 5) is 25.9. The van der Waals surface area contributed by atoms with Gasteiger partial charge >= 0.3 is 0 Å². The van der Waals surface area contributed by atoms with E-state index in [0.717, 1.165) is 5.56 Å². The second kappa shape index (κ2) is 6.52. The lowest BCUT2D eigenvalue weighted by molar-refractivity contribution is -0.115. The molecule has 1 aliphatic heterocycles. The first-order valence-corrected chi connectivity index (χ1v) is 6.89. The van der Waals surface area contributed by atoms with E-state index in [9.17, 15) is 9.59 Å². The second-order valence-corrected chi connectivity index (χ2v) is 4.86. The molecule has 108 valence electrons. The summed E-state index contributed by atoms with van der Waals surface area (Å²) in [5.41, 5.74) is 2.14. The van der Waals surface area contributed by atoms with Gasteiger partial charge in [-0.15, -0.1) is 0 Å². The highest BCUT2D eigenvalue weighted by atomic mass is 16.5. The quantitative estimate of drug-likeness (QED) is 0.916. The molecule has 1 aliphatic rings. The van der Waals surface area contributed by atoms with Gasteiger partial charge in [0.25, 0.3) is 5.91 Å². The Morgan fingerprint density at radius 1 is 1.30 bits per heavy atom. The van der Waals surface area contributed by atoms with Crippen molar-refractivity contribution in [1.82, 2.24) is 4.90 Å². The van der Waals surface area contributed by atoms with Gasteiger partial charge in [0.15, 0.2) is 0 Å². The van der Waals surface area contributed by atoms with E-state index in [1.165, 1.54) is 0 Å². The topological polar surface area (TPSA) is 58.6 Å². The van der Waals surface area contributed by atoms with Gasteiger partial charge in [0.05, 0.1) is 24.5 Å². The summed E-state index contributed by atoms with van der Waals surface area (Å²) in [6.45, 7) is 6.03. The zero-order valence-electron chi connectivity index (χ0n) is 11.9. The maximum Gasteiger partial charge on any atom is 0.256 e. The number of nitrogens with zero attached hydrogens (tertiary/aromatic N) is 1. The average Bonchev–Trinajstić information content (AvgIpc) is 2.47. The SMILES string of the molecule is CCC(=O)Nc1cc(C)ccc1C(=O)N1CCOCC1. The van der Waals surface area contributed by atoms with E-state index >= 15 is 0 Å². The highest BCUT2D eigenvalue weighted by Crippen LogP contribution is 2.20. The van der Waals surface area contributed by atoms with Crippen molar-refractivity contribution < 1.29 is 14.3 Å². The largest absolute Gasteiger partial charge is 0.378 e. The minimum atomic E-state index is -0.0911. The smallest absolute Gasteiger partial charge is 0.256 e. The van der Waals surface area contributed by atoms with Crippen LogP contribution < -0.4 is 5.32 Å². The number of morpholine rings is 1. The number of hydrogen-bond donors (Lipinski definition) is 1. The van der Waals surface area contributed by atoms with E-state index in [1.54, 1.807) is 17.9 Å². The molecule has 2 rings (SSSR count).